The van der Waals surface area contributed by atoms with Crippen LogP contribution in [0.1, 0.15) is 23.0 Å². The lowest BCUT2D eigenvalue weighted by molar-refractivity contribution is -0.137. The molecule has 2 aromatic carbocycles. The number of nitrogens with one attached hydrogen (secondary N) is 2. The summed E-state index contributed by atoms with van der Waals surface area (Å²) < 4.78 is 46.7. The summed E-state index contributed by atoms with van der Waals surface area (Å²) in [6.07, 6.45) is 0.815. The number of rotatable bonds is 9. The highest BCUT2D eigenvalue weighted by atomic mass is 19.4. The lowest BCUT2D eigenvalue weighted by Gasteiger charge is -2.19. The van der Waals surface area contributed by atoms with E-state index in [2.05, 4.69) is 30.6 Å². The van der Waals surface area contributed by atoms with E-state index in [1.807, 2.05) is 0 Å². The Bertz CT molecular complexity index is 1550. The maximum Gasteiger partial charge on any atom is 0.416 e. The molecule has 2 amide bonds. The van der Waals surface area contributed by atoms with Crippen molar-refractivity contribution in [3.05, 3.63) is 78.6 Å². The summed E-state index contributed by atoms with van der Waals surface area (Å²) in [5.41, 5.74) is 5.36. The van der Waals surface area contributed by atoms with Gasteiger partial charge in [0.1, 0.15) is 35.4 Å². The summed E-state index contributed by atoms with van der Waals surface area (Å²) in [6, 6.07) is 8.06. The van der Waals surface area contributed by atoms with Crippen LogP contribution in [0.4, 0.5) is 30.4 Å². The van der Waals surface area contributed by atoms with Gasteiger partial charge in [-0.3, -0.25) is 14.6 Å². The van der Waals surface area contributed by atoms with Crippen molar-refractivity contribution in [2.75, 3.05) is 29.6 Å². The Morgan fingerprint density at radius 2 is 1.78 bits per heavy atom. The Labute approximate surface area is 232 Å². The number of anilines is 3. The largest absolute Gasteiger partial charge is 0.457 e. The van der Waals surface area contributed by atoms with Crippen LogP contribution in [0.15, 0.2) is 67.4 Å². The van der Waals surface area contributed by atoms with Crippen molar-refractivity contribution in [2.45, 2.75) is 19.1 Å². The lowest BCUT2D eigenvalue weighted by Crippen LogP contribution is -2.32. The number of primary amides is 1. The molecule has 0 aliphatic heterocycles. The number of nitrogens with two attached hydrogens (primary N) is 1. The van der Waals surface area contributed by atoms with E-state index in [9.17, 15) is 22.8 Å². The van der Waals surface area contributed by atoms with Gasteiger partial charge in [0.15, 0.2) is 0 Å². The second kappa shape index (κ2) is 11.9. The first-order valence-electron chi connectivity index (χ1n) is 12.1. The van der Waals surface area contributed by atoms with Crippen molar-refractivity contribution >= 4 is 29.0 Å². The molecule has 0 fully saturated rings. The van der Waals surface area contributed by atoms with Gasteiger partial charge in [-0.2, -0.15) is 13.2 Å². The maximum absolute atomic E-state index is 13.6. The number of benzene rings is 2. The smallest absolute Gasteiger partial charge is 0.416 e. The first-order chi connectivity index (χ1) is 19.4. The maximum atomic E-state index is 13.6. The molecule has 4 rings (SSSR count). The van der Waals surface area contributed by atoms with Crippen molar-refractivity contribution in [2.24, 2.45) is 5.73 Å². The number of ether oxygens (including phenoxy) is 1. The number of hydrogen-bond donors (Lipinski definition) is 3. The molecule has 14 heteroatoms. The number of hydrogen-bond acceptors (Lipinski definition) is 9. The Morgan fingerprint density at radius 1 is 1.00 bits per heavy atom. The van der Waals surface area contributed by atoms with E-state index in [1.165, 1.54) is 62.2 Å². The molecule has 0 aliphatic rings. The zero-order valence-electron chi connectivity index (χ0n) is 22.1. The summed E-state index contributed by atoms with van der Waals surface area (Å²) in [6.45, 7) is 1.52. The third kappa shape index (κ3) is 7.03. The molecule has 0 saturated carbocycles. The van der Waals surface area contributed by atoms with Crippen LogP contribution < -0.4 is 26.0 Å². The van der Waals surface area contributed by atoms with Crippen molar-refractivity contribution in [1.29, 1.82) is 0 Å². The second-order valence-corrected chi connectivity index (χ2v) is 8.99. The minimum atomic E-state index is -4.60. The van der Waals surface area contributed by atoms with Crippen LogP contribution in [0.3, 0.4) is 0 Å². The van der Waals surface area contributed by atoms with Gasteiger partial charge in [-0.15, -0.1) is 0 Å². The van der Waals surface area contributed by atoms with Crippen LogP contribution >= 0.6 is 0 Å². The molecular formula is C27H25F3N8O3. The summed E-state index contributed by atoms with van der Waals surface area (Å²) in [5.74, 6) is -0.434. The summed E-state index contributed by atoms with van der Waals surface area (Å²) in [5, 5.41) is 5.60. The molecule has 0 unspecified atom stereocenters. The highest BCUT2D eigenvalue weighted by Gasteiger charge is 2.31. The van der Waals surface area contributed by atoms with Gasteiger partial charge in [0, 0.05) is 31.9 Å². The molecule has 0 spiro atoms. The average molecular weight is 567 g/mol. The molecule has 0 aliphatic carbocycles. The van der Waals surface area contributed by atoms with Crippen LogP contribution in [0.5, 0.6) is 11.5 Å². The fourth-order valence-electron chi connectivity index (χ4n) is 3.54. The van der Waals surface area contributed by atoms with Gasteiger partial charge < -0.3 is 26.0 Å². The number of amides is 2. The average Bonchev–Trinajstić information content (AvgIpc) is 2.94. The second-order valence-electron chi connectivity index (χ2n) is 8.99. The van der Waals surface area contributed by atoms with E-state index < -0.39 is 29.6 Å². The fraction of sp³-hybridized carbons (Fsp3) is 0.185. The highest BCUT2D eigenvalue weighted by molar-refractivity contribution is 6.04. The number of aromatic nitrogens is 4. The predicted octanol–water partition coefficient (Wildman–Crippen LogP) is 4.35. The molecule has 1 atom stereocenters. The van der Waals surface area contributed by atoms with E-state index in [-0.39, 0.29) is 39.8 Å². The molecule has 2 heterocycles. The molecular weight excluding hydrogens is 541 g/mol. The minimum absolute atomic E-state index is 0.0544. The standard InChI is InChI=1S/C27H25F3N8O3/c1-15(25(31)39)36-21-11-17(5-6-19(21)37-26(40)20-8-9-32-14-35-20)41-23-7-4-16(27(28,29)30)10-18(23)22-12-34-24(13-33-22)38(2)3/h4-15,36H,1-3H3,(H2,31,39)(H,37,40)/t15-/m0/s1. The van der Waals surface area contributed by atoms with Crippen molar-refractivity contribution in [1.82, 2.24) is 19.9 Å². The van der Waals surface area contributed by atoms with Crippen LogP contribution in [0.25, 0.3) is 11.3 Å². The van der Waals surface area contributed by atoms with Crippen LogP contribution in [0, 0.1) is 0 Å². The van der Waals surface area contributed by atoms with Gasteiger partial charge in [0.05, 0.1) is 35.0 Å². The van der Waals surface area contributed by atoms with Gasteiger partial charge in [-0.05, 0) is 43.3 Å². The Hall–Kier alpha value is -5.27. The van der Waals surface area contributed by atoms with E-state index in [4.69, 9.17) is 10.5 Å². The Morgan fingerprint density at radius 3 is 2.39 bits per heavy atom. The number of carbonyl (C=O) groups excluding carboxylic acids is 2. The SMILES string of the molecule is C[C@H](Nc1cc(Oc2ccc(C(F)(F)F)cc2-c2cnc(N(C)C)cn2)ccc1NC(=O)c1ccncn1)C(N)=O. The monoisotopic (exact) mass is 566 g/mol. The third-order valence-corrected chi connectivity index (χ3v) is 5.76. The summed E-state index contributed by atoms with van der Waals surface area (Å²) in [4.78, 5) is 42.3. The summed E-state index contributed by atoms with van der Waals surface area (Å²) in [7, 11) is 3.51. The van der Waals surface area contributed by atoms with Crippen molar-refractivity contribution in [3.8, 4) is 22.8 Å². The lowest BCUT2D eigenvalue weighted by atomic mass is 10.1. The van der Waals surface area contributed by atoms with Gasteiger partial charge in [0.2, 0.25) is 5.91 Å². The fourth-order valence-corrected chi connectivity index (χ4v) is 3.54. The van der Waals surface area contributed by atoms with E-state index in [1.54, 1.807) is 19.0 Å². The Kier molecular flexibility index (Phi) is 8.31. The minimum Gasteiger partial charge on any atom is -0.457 e. The number of nitrogens with zero attached hydrogens (tertiary/aromatic N) is 5. The van der Waals surface area contributed by atoms with E-state index >= 15 is 0 Å². The molecule has 4 aromatic rings. The quantitative estimate of drug-likeness (QED) is 0.269. The van der Waals surface area contributed by atoms with Gasteiger partial charge in [0.25, 0.3) is 5.91 Å². The Balaban J connectivity index is 1.72. The normalized spacial score (nSPS) is 11.9. The first kappa shape index (κ1) is 28.7. The highest BCUT2D eigenvalue weighted by Crippen LogP contribution is 2.39. The third-order valence-electron chi connectivity index (χ3n) is 5.76. The number of alkyl halides is 3. The molecule has 0 bridgehead atoms. The van der Waals surface area contributed by atoms with Gasteiger partial charge in [-0.25, -0.2) is 15.0 Å². The zero-order valence-corrected chi connectivity index (χ0v) is 22.1. The molecule has 212 valence electrons. The molecule has 2 aromatic heterocycles. The molecule has 0 saturated heterocycles. The van der Waals surface area contributed by atoms with E-state index in [0.717, 1.165) is 12.1 Å². The van der Waals surface area contributed by atoms with Crippen molar-refractivity contribution < 1.29 is 27.5 Å². The van der Waals surface area contributed by atoms with Crippen LogP contribution in [-0.4, -0.2) is 51.9 Å². The van der Waals surface area contributed by atoms with Crippen LogP contribution in [-0.2, 0) is 11.0 Å². The zero-order chi connectivity index (χ0) is 29.7. The van der Waals surface area contributed by atoms with Gasteiger partial charge >= 0.3 is 6.18 Å². The molecule has 41 heavy (non-hydrogen) atoms. The summed E-state index contributed by atoms with van der Waals surface area (Å²) >= 11 is 0. The topological polar surface area (TPSA) is 148 Å². The number of carbonyl (C=O) groups is 2. The molecule has 4 N–H and O–H groups in total. The van der Waals surface area contributed by atoms with Crippen molar-refractivity contribution in [3.63, 3.8) is 0 Å². The predicted molar refractivity (Wildman–Crippen MR) is 146 cm³/mol. The molecule has 0 radical (unpaired) electrons. The van der Waals surface area contributed by atoms with Gasteiger partial charge in [-0.1, -0.05) is 0 Å². The van der Waals surface area contributed by atoms with Crippen LogP contribution in [0.2, 0.25) is 0 Å². The molecule has 11 nitrogen and oxygen atoms in total. The number of halogens is 3. The first-order valence-corrected chi connectivity index (χ1v) is 12.1. The van der Waals surface area contributed by atoms with E-state index in [0.29, 0.717) is 5.82 Å².